The highest BCUT2D eigenvalue weighted by Gasteiger charge is 2.25. The van der Waals surface area contributed by atoms with Gasteiger partial charge in [-0.3, -0.25) is 0 Å². The lowest BCUT2D eigenvalue weighted by Gasteiger charge is -2.29. The molecular formula is C19H25Cl3O2Si. The second-order valence-corrected chi connectivity index (χ2v) is 16.2. The summed E-state index contributed by atoms with van der Waals surface area (Å²) >= 11 is 17.8. The molecule has 2 rings (SSSR count). The molecule has 138 valence electrons. The second-order valence-electron chi connectivity index (χ2n) is 6.92. The van der Waals surface area contributed by atoms with Crippen molar-refractivity contribution in [2.45, 2.75) is 56.9 Å². The Morgan fingerprint density at radius 3 is 2.28 bits per heavy atom. The third-order valence-corrected chi connectivity index (χ3v) is 7.62. The van der Waals surface area contributed by atoms with E-state index >= 15 is 0 Å². The summed E-state index contributed by atoms with van der Waals surface area (Å²) < 4.78 is 0. The summed E-state index contributed by atoms with van der Waals surface area (Å²) in [7, 11) is 0. The number of rotatable bonds is 8. The van der Waals surface area contributed by atoms with Crippen LogP contribution in [-0.2, 0) is 4.79 Å². The molecule has 0 heterocycles. The van der Waals surface area contributed by atoms with Crippen LogP contribution in [0.1, 0.15) is 62.0 Å². The summed E-state index contributed by atoms with van der Waals surface area (Å²) in [5, 5.41) is 8.67. The van der Waals surface area contributed by atoms with Crippen molar-refractivity contribution in [3.63, 3.8) is 0 Å². The van der Waals surface area contributed by atoms with Gasteiger partial charge in [-0.25, -0.2) is 4.79 Å². The molecule has 25 heavy (non-hydrogen) atoms. The number of unbranched alkanes of at least 4 members (excludes halogenated alkanes) is 1. The molecule has 1 saturated carbocycles. The van der Waals surface area contributed by atoms with Crippen molar-refractivity contribution >= 4 is 51.3 Å². The third kappa shape index (κ3) is 8.16. The zero-order valence-corrected chi connectivity index (χ0v) is 17.5. The van der Waals surface area contributed by atoms with Gasteiger partial charge in [-0.2, -0.15) is 0 Å². The lowest BCUT2D eigenvalue weighted by molar-refractivity contribution is -0.131. The van der Waals surface area contributed by atoms with E-state index in [0.29, 0.717) is 5.92 Å². The van der Waals surface area contributed by atoms with Crippen LogP contribution in [0.5, 0.6) is 0 Å². The van der Waals surface area contributed by atoms with Crippen LogP contribution in [-0.4, -0.2) is 17.1 Å². The Hall–Kier alpha value is -0.483. The molecule has 0 unspecified atom stereocenters. The number of hydrogen-bond acceptors (Lipinski definition) is 1. The van der Waals surface area contributed by atoms with Gasteiger partial charge in [0.2, 0.25) is 0 Å². The largest absolute Gasteiger partial charge is 0.478 e. The van der Waals surface area contributed by atoms with E-state index < -0.39 is 12.0 Å². The minimum Gasteiger partial charge on any atom is -0.478 e. The van der Waals surface area contributed by atoms with E-state index in [-0.39, 0.29) is 0 Å². The molecule has 2 nitrogen and oxygen atoms in total. The summed E-state index contributed by atoms with van der Waals surface area (Å²) in [5.74, 6) is 0.520. The highest BCUT2D eigenvalue weighted by Crippen LogP contribution is 2.38. The van der Waals surface area contributed by atoms with Crippen LogP contribution in [0.2, 0.25) is 6.04 Å². The quantitative estimate of drug-likeness (QED) is 0.216. The van der Waals surface area contributed by atoms with Gasteiger partial charge in [-0.05, 0) is 60.8 Å². The standard InChI is InChI=1S/C19H25Cl3O2Si/c20-25(21,22)14-2-1-3-15-4-9-17(10-5-15)18-11-6-16(7-12-18)8-13-19(23)24/h6-8,11-13,15,17H,1-5,9-10,14H2,(H,23,24)/b13-8+/t15-,17-. The van der Waals surface area contributed by atoms with E-state index in [1.165, 1.54) is 50.2 Å². The van der Waals surface area contributed by atoms with Gasteiger partial charge in [0.25, 0.3) is 0 Å². The first kappa shape index (κ1) is 20.8. The highest BCUT2D eigenvalue weighted by molar-refractivity contribution is 7.64. The monoisotopic (exact) mass is 418 g/mol. The Balaban J connectivity index is 1.73. The molecule has 1 aliphatic carbocycles. The molecule has 1 aliphatic rings. The molecule has 0 radical (unpaired) electrons. The lowest BCUT2D eigenvalue weighted by atomic mass is 9.77. The SMILES string of the molecule is O=C(O)/C=C/c1ccc([C@H]2CC[C@H](CCCC[Si](Cl)(Cl)Cl)CC2)cc1. The Labute approximate surface area is 165 Å². The summed E-state index contributed by atoms with van der Waals surface area (Å²) in [6.07, 6.45) is 11.3. The van der Waals surface area contributed by atoms with E-state index in [1.807, 2.05) is 12.1 Å². The number of hydrogen-bond donors (Lipinski definition) is 1. The fourth-order valence-corrected chi connectivity index (χ4v) is 5.44. The highest BCUT2D eigenvalue weighted by atomic mass is 35.8. The van der Waals surface area contributed by atoms with Crippen molar-refractivity contribution in [3.8, 4) is 0 Å². The first-order chi connectivity index (χ1) is 11.8. The molecule has 1 N–H and O–H groups in total. The van der Waals surface area contributed by atoms with Gasteiger partial charge in [0.1, 0.15) is 0 Å². The topological polar surface area (TPSA) is 37.3 Å². The zero-order chi connectivity index (χ0) is 18.3. The molecule has 1 fully saturated rings. The molecule has 0 spiro atoms. The fraction of sp³-hybridized carbons (Fsp3) is 0.526. The zero-order valence-electron chi connectivity index (χ0n) is 14.3. The van der Waals surface area contributed by atoms with Crippen LogP contribution in [0.4, 0.5) is 0 Å². The maximum Gasteiger partial charge on any atom is 0.341 e. The van der Waals surface area contributed by atoms with Gasteiger partial charge < -0.3 is 5.11 Å². The number of carboxylic acids is 1. The van der Waals surface area contributed by atoms with Crippen molar-refractivity contribution in [1.29, 1.82) is 0 Å². The van der Waals surface area contributed by atoms with Gasteiger partial charge in [-0.15, -0.1) is 33.2 Å². The summed E-state index contributed by atoms with van der Waals surface area (Å²) in [5.41, 5.74) is 2.30. The average molecular weight is 420 g/mol. The number of carbonyl (C=O) groups is 1. The van der Waals surface area contributed by atoms with Crippen molar-refractivity contribution in [2.24, 2.45) is 5.92 Å². The van der Waals surface area contributed by atoms with Gasteiger partial charge in [0.05, 0.1) is 0 Å². The van der Waals surface area contributed by atoms with E-state index in [9.17, 15) is 4.79 Å². The molecule has 0 amide bonds. The molecule has 0 aromatic heterocycles. The second kappa shape index (κ2) is 10.0. The lowest BCUT2D eigenvalue weighted by Crippen LogP contribution is -2.14. The van der Waals surface area contributed by atoms with E-state index in [4.69, 9.17) is 38.3 Å². The number of halogens is 3. The number of carboxylic acid groups (broad SMARTS) is 1. The first-order valence-electron chi connectivity index (χ1n) is 8.91. The van der Waals surface area contributed by atoms with Crippen LogP contribution in [0, 0.1) is 5.92 Å². The van der Waals surface area contributed by atoms with Crippen LogP contribution in [0.25, 0.3) is 6.08 Å². The van der Waals surface area contributed by atoms with Gasteiger partial charge >= 0.3 is 12.0 Å². The van der Waals surface area contributed by atoms with Crippen molar-refractivity contribution in [3.05, 3.63) is 41.5 Å². The predicted molar refractivity (Wildman–Crippen MR) is 110 cm³/mol. The predicted octanol–water partition coefficient (Wildman–Crippen LogP) is 6.88. The van der Waals surface area contributed by atoms with Crippen LogP contribution < -0.4 is 0 Å². The molecule has 0 atom stereocenters. The van der Waals surface area contributed by atoms with Crippen molar-refractivity contribution in [1.82, 2.24) is 0 Å². The summed E-state index contributed by atoms with van der Waals surface area (Å²) in [6.45, 7) is 0. The third-order valence-electron chi connectivity index (χ3n) is 5.00. The minimum absolute atomic E-state index is 0.627. The maximum absolute atomic E-state index is 10.6. The van der Waals surface area contributed by atoms with Crippen LogP contribution in [0.15, 0.2) is 30.3 Å². The van der Waals surface area contributed by atoms with Gasteiger partial charge in [0, 0.05) is 6.08 Å². The Morgan fingerprint density at radius 1 is 1.08 bits per heavy atom. The average Bonchev–Trinajstić information content (AvgIpc) is 2.57. The van der Waals surface area contributed by atoms with E-state index in [2.05, 4.69) is 12.1 Å². The summed E-state index contributed by atoms with van der Waals surface area (Å²) in [6, 6.07) is 6.61. The van der Waals surface area contributed by atoms with E-state index in [1.54, 1.807) is 6.08 Å². The first-order valence-corrected chi connectivity index (χ1v) is 14.2. The molecule has 0 aliphatic heterocycles. The normalized spacial score (nSPS) is 21.6. The molecule has 1 aromatic rings. The molecule has 1 aromatic carbocycles. The fourth-order valence-electron chi connectivity index (χ4n) is 3.59. The molecular weight excluding hydrogens is 395 g/mol. The van der Waals surface area contributed by atoms with E-state index in [0.717, 1.165) is 23.9 Å². The smallest absolute Gasteiger partial charge is 0.341 e. The van der Waals surface area contributed by atoms with Crippen LogP contribution in [0.3, 0.4) is 0 Å². The maximum atomic E-state index is 10.6. The van der Waals surface area contributed by atoms with Crippen molar-refractivity contribution < 1.29 is 9.90 Å². The Kier molecular flexibility index (Phi) is 8.34. The number of aliphatic carboxylic acids is 1. The van der Waals surface area contributed by atoms with Gasteiger partial charge in [0.15, 0.2) is 0 Å². The Bertz CT molecular complexity index is 573. The van der Waals surface area contributed by atoms with Crippen molar-refractivity contribution in [2.75, 3.05) is 0 Å². The van der Waals surface area contributed by atoms with Crippen LogP contribution >= 0.6 is 33.2 Å². The molecule has 0 saturated heterocycles. The molecule has 6 heteroatoms. The number of benzene rings is 1. The van der Waals surface area contributed by atoms with Gasteiger partial charge in [-0.1, -0.05) is 43.5 Å². The minimum atomic E-state index is -2.44. The molecule has 0 bridgehead atoms. The Morgan fingerprint density at radius 2 is 1.72 bits per heavy atom. The summed E-state index contributed by atoms with van der Waals surface area (Å²) in [4.78, 5) is 10.6.